The van der Waals surface area contributed by atoms with Gasteiger partial charge in [0.15, 0.2) is 27.5 Å². The molecule has 5 heterocycles. The van der Waals surface area contributed by atoms with E-state index in [1.54, 1.807) is 34.9 Å². The zero-order chi connectivity index (χ0) is 21.8. The smallest absolute Gasteiger partial charge is 0.231 e. The number of rotatable bonds is 5. The molecule has 1 aromatic carbocycles. The SMILES string of the molecule is CSc1nc2sc3c(c2c2nnc(SCc4ccc5c(c4)OCO5)n12)C[C@H](C(C)C)OC3. The molecule has 0 amide bonds. The van der Waals surface area contributed by atoms with E-state index in [0.29, 0.717) is 12.5 Å². The van der Waals surface area contributed by atoms with Crippen LogP contribution in [0.2, 0.25) is 0 Å². The van der Waals surface area contributed by atoms with Crippen molar-refractivity contribution in [1.29, 1.82) is 0 Å². The van der Waals surface area contributed by atoms with Crippen LogP contribution < -0.4 is 9.47 Å². The summed E-state index contributed by atoms with van der Waals surface area (Å²) in [6, 6.07) is 6.06. The third kappa shape index (κ3) is 3.35. The van der Waals surface area contributed by atoms with E-state index in [1.165, 1.54) is 10.4 Å². The van der Waals surface area contributed by atoms with Crippen molar-refractivity contribution in [1.82, 2.24) is 19.6 Å². The van der Waals surface area contributed by atoms with Crippen molar-refractivity contribution in [2.24, 2.45) is 5.92 Å². The summed E-state index contributed by atoms with van der Waals surface area (Å²) < 4.78 is 19.1. The summed E-state index contributed by atoms with van der Waals surface area (Å²) in [4.78, 5) is 7.28. The number of fused-ring (bicyclic) bond motifs is 6. The van der Waals surface area contributed by atoms with Crippen LogP contribution in [0, 0.1) is 5.92 Å². The third-order valence-corrected chi connectivity index (χ3v) is 8.62. The topological polar surface area (TPSA) is 70.8 Å². The molecule has 0 N–H and O–H groups in total. The molecule has 32 heavy (non-hydrogen) atoms. The van der Waals surface area contributed by atoms with Crippen LogP contribution in [0.1, 0.15) is 29.9 Å². The molecule has 3 aromatic heterocycles. The highest BCUT2D eigenvalue weighted by atomic mass is 32.2. The van der Waals surface area contributed by atoms with Gasteiger partial charge in [0.05, 0.1) is 18.1 Å². The monoisotopic (exact) mass is 486 g/mol. The number of nitrogens with zero attached hydrogens (tertiary/aromatic N) is 4. The van der Waals surface area contributed by atoms with Crippen LogP contribution >= 0.6 is 34.9 Å². The highest BCUT2D eigenvalue weighted by molar-refractivity contribution is 7.99. The number of hydrogen-bond acceptors (Lipinski definition) is 9. The minimum Gasteiger partial charge on any atom is -0.454 e. The molecular formula is C22H22N4O3S3. The molecule has 0 aliphatic carbocycles. The van der Waals surface area contributed by atoms with E-state index in [4.69, 9.17) is 19.2 Å². The van der Waals surface area contributed by atoms with Crippen LogP contribution in [-0.2, 0) is 23.5 Å². The van der Waals surface area contributed by atoms with E-state index >= 15 is 0 Å². The minimum absolute atomic E-state index is 0.225. The Bertz CT molecular complexity index is 1330. The van der Waals surface area contributed by atoms with Crippen molar-refractivity contribution in [2.45, 2.75) is 49.0 Å². The first kappa shape index (κ1) is 20.6. The van der Waals surface area contributed by atoms with Crippen LogP contribution in [0.5, 0.6) is 11.5 Å². The van der Waals surface area contributed by atoms with E-state index in [9.17, 15) is 0 Å². The second-order valence-corrected chi connectivity index (χ2v) is 11.0. The summed E-state index contributed by atoms with van der Waals surface area (Å²) in [6.45, 7) is 5.37. The first-order chi connectivity index (χ1) is 15.6. The van der Waals surface area contributed by atoms with Crippen LogP contribution in [0.4, 0.5) is 0 Å². The van der Waals surface area contributed by atoms with Gasteiger partial charge in [-0.3, -0.25) is 0 Å². The minimum atomic E-state index is 0.225. The molecule has 0 unspecified atom stereocenters. The highest BCUT2D eigenvalue weighted by Gasteiger charge is 2.29. The maximum Gasteiger partial charge on any atom is 0.231 e. The Kier molecular flexibility index (Phi) is 5.20. The summed E-state index contributed by atoms with van der Waals surface area (Å²) in [6.07, 6.45) is 3.17. The normalized spacial score (nSPS) is 17.6. The second kappa shape index (κ2) is 8.09. The van der Waals surface area contributed by atoms with Crippen LogP contribution in [0.3, 0.4) is 0 Å². The fraction of sp³-hybridized carbons (Fsp3) is 0.409. The molecule has 0 radical (unpaired) electrons. The van der Waals surface area contributed by atoms with Gasteiger partial charge in [-0.25, -0.2) is 9.38 Å². The summed E-state index contributed by atoms with van der Waals surface area (Å²) in [5.41, 5.74) is 3.38. The first-order valence-corrected chi connectivity index (χ1v) is 13.5. The molecule has 2 aliphatic rings. The van der Waals surface area contributed by atoms with E-state index in [-0.39, 0.29) is 12.9 Å². The Labute approximate surface area is 197 Å². The fourth-order valence-corrected chi connectivity index (χ4v) is 6.81. The van der Waals surface area contributed by atoms with E-state index < -0.39 is 0 Å². The molecule has 0 saturated carbocycles. The van der Waals surface area contributed by atoms with Crippen molar-refractivity contribution < 1.29 is 14.2 Å². The summed E-state index contributed by atoms with van der Waals surface area (Å²) >= 11 is 5.00. The van der Waals surface area contributed by atoms with E-state index in [2.05, 4.69) is 34.5 Å². The number of thiophene rings is 1. The molecule has 6 rings (SSSR count). The van der Waals surface area contributed by atoms with Crippen molar-refractivity contribution in [3.8, 4) is 11.5 Å². The molecule has 10 heteroatoms. The van der Waals surface area contributed by atoms with Gasteiger partial charge < -0.3 is 14.2 Å². The third-order valence-electron chi connectivity index (χ3n) is 5.88. The number of ether oxygens (including phenoxy) is 3. The Morgan fingerprint density at radius 3 is 2.91 bits per heavy atom. The van der Waals surface area contributed by atoms with Gasteiger partial charge in [0.25, 0.3) is 0 Å². The zero-order valence-corrected chi connectivity index (χ0v) is 20.4. The van der Waals surface area contributed by atoms with Gasteiger partial charge in [-0.05, 0) is 35.4 Å². The lowest BCUT2D eigenvalue weighted by molar-refractivity contribution is 0.00203. The standard InChI is InChI=1S/C22H22N4O3S3/c1-11(2)15-7-13-17(8-27-15)32-20-18(13)19-24-25-22(26(19)21(23-20)30-3)31-9-12-4-5-14-16(6-12)29-10-28-14/h4-6,11,15H,7-10H2,1-3H3/t15-/m1/s1. The quantitative estimate of drug-likeness (QED) is 0.282. The van der Waals surface area contributed by atoms with Gasteiger partial charge in [0, 0.05) is 17.1 Å². The molecule has 166 valence electrons. The number of thioether (sulfide) groups is 2. The summed E-state index contributed by atoms with van der Waals surface area (Å²) in [5.74, 6) is 2.83. The Morgan fingerprint density at radius 2 is 2.06 bits per heavy atom. The number of aromatic nitrogens is 4. The van der Waals surface area contributed by atoms with Crippen LogP contribution in [0.15, 0.2) is 28.5 Å². The lowest BCUT2D eigenvalue weighted by Crippen LogP contribution is -2.26. The van der Waals surface area contributed by atoms with E-state index in [0.717, 1.165) is 55.4 Å². The average Bonchev–Trinajstić information content (AvgIpc) is 3.52. The number of hydrogen-bond donors (Lipinski definition) is 0. The largest absolute Gasteiger partial charge is 0.454 e. The Balaban J connectivity index is 1.39. The summed E-state index contributed by atoms with van der Waals surface area (Å²) in [5, 5.41) is 12.1. The number of benzene rings is 1. The van der Waals surface area contributed by atoms with Gasteiger partial charge in [-0.15, -0.1) is 21.5 Å². The van der Waals surface area contributed by atoms with Gasteiger partial charge in [0.2, 0.25) is 6.79 Å². The molecule has 4 aromatic rings. The van der Waals surface area contributed by atoms with Crippen LogP contribution in [-0.4, -0.2) is 38.7 Å². The zero-order valence-electron chi connectivity index (χ0n) is 18.0. The van der Waals surface area contributed by atoms with Crippen molar-refractivity contribution in [3.63, 3.8) is 0 Å². The van der Waals surface area contributed by atoms with Crippen molar-refractivity contribution in [2.75, 3.05) is 13.0 Å². The van der Waals surface area contributed by atoms with Gasteiger partial charge >= 0.3 is 0 Å². The lowest BCUT2D eigenvalue weighted by Gasteiger charge is -2.26. The highest BCUT2D eigenvalue weighted by Crippen LogP contribution is 2.40. The molecule has 7 nitrogen and oxygen atoms in total. The van der Waals surface area contributed by atoms with E-state index in [1.807, 2.05) is 18.4 Å². The van der Waals surface area contributed by atoms with Crippen LogP contribution in [0.25, 0.3) is 15.9 Å². The van der Waals surface area contributed by atoms with Gasteiger partial charge in [-0.1, -0.05) is 43.4 Å². The van der Waals surface area contributed by atoms with Gasteiger partial charge in [-0.2, -0.15) is 0 Å². The summed E-state index contributed by atoms with van der Waals surface area (Å²) in [7, 11) is 0. The van der Waals surface area contributed by atoms with Gasteiger partial charge in [0.1, 0.15) is 4.83 Å². The van der Waals surface area contributed by atoms with Crippen molar-refractivity contribution >= 4 is 50.7 Å². The second-order valence-electron chi connectivity index (χ2n) is 8.20. The molecule has 0 fully saturated rings. The maximum atomic E-state index is 6.10. The lowest BCUT2D eigenvalue weighted by atomic mass is 9.96. The average molecular weight is 487 g/mol. The molecule has 0 spiro atoms. The Morgan fingerprint density at radius 1 is 1.19 bits per heavy atom. The molecule has 2 aliphatic heterocycles. The maximum absolute atomic E-state index is 6.10. The first-order valence-electron chi connectivity index (χ1n) is 10.5. The predicted octanol–water partition coefficient (Wildman–Crippen LogP) is 5.18. The molecule has 0 bridgehead atoms. The fourth-order valence-electron chi connectivity index (χ4n) is 4.16. The molecule has 1 atom stereocenters. The Hall–Kier alpha value is -2.01. The molecule has 0 saturated heterocycles. The predicted molar refractivity (Wildman–Crippen MR) is 127 cm³/mol. The molecular weight excluding hydrogens is 464 g/mol. The van der Waals surface area contributed by atoms with Crippen molar-refractivity contribution in [3.05, 3.63) is 34.2 Å².